The zero-order valence-corrected chi connectivity index (χ0v) is 13.7. The van der Waals surface area contributed by atoms with Crippen LogP contribution in [0.1, 0.15) is 15.9 Å². The number of methoxy groups -OCH3 is 2. The van der Waals surface area contributed by atoms with Gasteiger partial charge in [-0.25, -0.2) is 4.79 Å². The quantitative estimate of drug-likeness (QED) is 0.448. The maximum absolute atomic E-state index is 12.1. The summed E-state index contributed by atoms with van der Waals surface area (Å²) >= 11 is 5.72. The fourth-order valence-electron chi connectivity index (χ4n) is 2.07. The van der Waals surface area contributed by atoms with Crippen molar-refractivity contribution in [2.45, 2.75) is 6.61 Å². The summed E-state index contributed by atoms with van der Waals surface area (Å²) in [4.78, 5) is 22.3. The van der Waals surface area contributed by atoms with Gasteiger partial charge in [-0.15, -0.1) is 0 Å². The topological polar surface area (TPSA) is 87.9 Å². The molecule has 0 fully saturated rings. The summed E-state index contributed by atoms with van der Waals surface area (Å²) in [5, 5.41) is 10.8. The van der Waals surface area contributed by atoms with Gasteiger partial charge in [0, 0.05) is 11.6 Å². The Morgan fingerprint density at radius 2 is 1.96 bits per heavy atom. The van der Waals surface area contributed by atoms with E-state index in [0.29, 0.717) is 17.1 Å². The minimum atomic E-state index is -0.709. The SMILES string of the molecule is COc1cccc(COC(=O)c2ccc(Cl)c([N+](=O)[O-])c2)c1OC. The van der Waals surface area contributed by atoms with Gasteiger partial charge in [-0.3, -0.25) is 10.1 Å². The molecule has 7 nitrogen and oxygen atoms in total. The predicted molar refractivity (Wildman–Crippen MR) is 86.8 cm³/mol. The second-order valence-electron chi connectivity index (χ2n) is 4.65. The maximum Gasteiger partial charge on any atom is 0.338 e. The summed E-state index contributed by atoms with van der Waals surface area (Å²) in [5.74, 6) is 0.253. The Hall–Kier alpha value is -2.80. The normalized spacial score (nSPS) is 10.1. The van der Waals surface area contributed by atoms with Gasteiger partial charge in [0.25, 0.3) is 5.69 Å². The van der Waals surface area contributed by atoms with Gasteiger partial charge in [0.2, 0.25) is 0 Å². The summed E-state index contributed by atoms with van der Waals surface area (Å²) in [7, 11) is 2.98. The highest BCUT2D eigenvalue weighted by atomic mass is 35.5. The summed E-state index contributed by atoms with van der Waals surface area (Å²) in [5.41, 5.74) is 0.284. The molecule has 0 aliphatic heterocycles. The molecular formula is C16H14ClNO6. The predicted octanol–water partition coefficient (Wildman–Crippen LogP) is 3.62. The number of esters is 1. The molecule has 0 atom stereocenters. The monoisotopic (exact) mass is 351 g/mol. The molecule has 2 aromatic rings. The molecule has 0 saturated carbocycles. The van der Waals surface area contributed by atoms with Crippen molar-refractivity contribution in [1.82, 2.24) is 0 Å². The Balaban J connectivity index is 2.17. The number of halogens is 1. The highest BCUT2D eigenvalue weighted by molar-refractivity contribution is 6.32. The van der Waals surface area contributed by atoms with Crippen molar-refractivity contribution in [3.05, 3.63) is 62.7 Å². The molecular weight excluding hydrogens is 338 g/mol. The van der Waals surface area contributed by atoms with Gasteiger partial charge in [0.05, 0.1) is 24.7 Å². The zero-order valence-electron chi connectivity index (χ0n) is 12.9. The molecule has 0 amide bonds. The summed E-state index contributed by atoms with van der Waals surface area (Å²) in [6.45, 7) is -0.0738. The number of nitro groups is 1. The van der Waals surface area contributed by atoms with E-state index < -0.39 is 10.9 Å². The number of benzene rings is 2. The van der Waals surface area contributed by atoms with Gasteiger partial charge in [0.15, 0.2) is 11.5 Å². The van der Waals surface area contributed by atoms with Crippen LogP contribution in [0.3, 0.4) is 0 Å². The van der Waals surface area contributed by atoms with Gasteiger partial charge in [-0.2, -0.15) is 0 Å². The molecule has 0 heterocycles. The second kappa shape index (κ2) is 7.65. The fraction of sp³-hybridized carbons (Fsp3) is 0.188. The van der Waals surface area contributed by atoms with Crippen molar-refractivity contribution in [1.29, 1.82) is 0 Å². The molecule has 126 valence electrons. The van der Waals surface area contributed by atoms with Crippen LogP contribution in [0.15, 0.2) is 36.4 Å². The molecule has 2 rings (SSSR count). The number of nitro benzene ring substituents is 1. The zero-order chi connectivity index (χ0) is 17.7. The van der Waals surface area contributed by atoms with Crippen LogP contribution in [0, 0.1) is 10.1 Å². The summed E-state index contributed by atoms with van der Waals surface area (Å²) in [6, 6.07) is 8.89. The van der Waals surface area contributed by atoms with Crippen LogP contribution in [-0.2, 0) is 11.3 Å². The standard InChI is InChI=1S/C16H14ClNO6/c1-22-14-5-3-4-11(15(14)23-2)9-24-16(19)10-6-7-12(17)13(8-10)18(20)21/h3-8H,9H2,1-2H3. The molecule has 0 aliphatic carbocycles. The van der Waals surface area contributed by atoms with E-state index in [0.717, 1.165) is 6.07 Å². The van der Waals surface area contributed by atoms with E-state index in [2.05, 4.69) is 0 Å². The van der Waals surface area contributed by atoms with E-state index in [9.17, 15) is 14.9 Å². The van der Waals surface area contributed by atoms with Crippen molar-refractivity contribution >= 4 is 23.3 Å². The van der Waals surface area contributed by atoms with Crippen molar-refractivity contribution < 1.29 is 23.9 Å². The Morgan fingerprint density at radius 3 is 2.58 bits per heavy atom. The van der Waals surface area contributed by atoms with Crippen LogP contribution >= 0.6 is 11.6 Å². The molecule has 0 unspecified atom stereocenters. The number of ether oxygens (including phenoxy) is 3. The van der Waals surface area contributed by atoms with E-state index in [1.54, 1.807) is 18.2 Å². The third kappa shape index (κ3) is 3.75. The van der Waals surface area contributed by atoms with E-state index in [-0.39, 0.29) is 22.9 Å². The van der Waals surface area contributed by atoms with Crippen molar-refractivity contribution in [3.8, 4) is 11.5 Å². The molecule has 2 aromatic carbocycles. The third-order valence-corrected chi connectivity index (χ3v) is 3.54. The lowest BCUT2D eigenvalue weighted by atomic mass is 10.2. The number of hydrogen-bond donors (Lipinski definition) is 0. The van der Waals surface area contributed by atoms with Crippen LogP contribution in [0.25, 0.3) is 0 Å². The number of rotatable bonds is 6. The molecule has 0 aliphatic rings. The lowest BCUT2D eigenvalue weighted by Crippen LogP contribution is -2.07. The van der Waals surface area contributed by atoms with Gasteiger partial charge < -0.3 is 14.2 Å². The first-order valence-corrected chi connectivity index (χ1v) is 7.16. The van der Waals surface area contributed by atoms with E-state index in [1.807, 2.05) is 0 Å². The largest absolute Gasteiger partial charge is 0.493 e. The third-order valence-electron chi connectivity index (χ3n) is 3.22. The van der Waals surface area contributed by atoms with E-state index in [1.165, 1.54) is 26.4 Å². The Labute approximate surface area is 142 Å². The van der Waals surface area contributed by atoms with E-state index in [4.69, 9.17) is 25.8 Å². The lowest BCUT2D eigenvalue weighted by molar-refractivity contribution is -0.384. The molecule has 0 bridgehead atoms. The Bertz CT molecular complexity index is 777. The van der Waals surface area contributed by atoms with Crippen LogP contribution in [0.5, 0.6) is 11.5 Å². The average Bonchev–Trinajstić information content (AvgIpc) is 2.59. The highest BCUT2D eigenvalue weighted by Gasteiger charge is 2.18. The fourth-order valence-corrected chi connectivity index (χ4v) is 2.26. The van der Waals surface area contributed by atoms with E-state index >= 15 is 0 Å². The minimum Gasteiger partial charge on any atom is -0.493 e. The number of carbonyl (C=O) groups excluding carboxylic acids is 1. The minimum absolute atomic E-state index is 0.0352. The van der Waals surface area contributed by atoms with Crippen molar-refractivity contribution in [2.24, 2.45) is 0 Å². The van der Waals surface area contributed by atoms with Crippen LogP contribution in [0.2, 0.25) is 5.02 Å². The van der Waals surface area contributed by atoms with Crippen LogP contribution in [-0.4, -0.2) is 25.1 Å². The van der Waals surface area contributed by atoms with Crippen LogP contribution in [0.4, 0.5) is 5.69 Å². The lowest BCUT2D eigenvalue weighted by Gasteiger charge is -2.12. The molecule has 0 radical (unpaired) electrons. The Kier molecular flexibility index (Phi) is 5.59. The first kappa shape index (κ1) is 17.6. The smallest absolute Gasteiger partial charge is 0.338 e. The first-order chi connectivity index (χ1) is 11.5. The number of carbonyl (C=O) groups is 1. The van der Waals surface area contributed by atoms with Gasteiger partial charge in [0.1, 0.15) is 11.6 Å². The molecule has 0 saturated heterocycles. The number of hydrogen-bond acceptors (Lipinski definition) is 6. The van der Waals surface area contributed by atoms with Crippen LogP contribution < -0.4 is 9.47 Å². The first-order valence-electron chi connectivity index (χ1n) is 6.79. The van der Waals surface area contributed by atoms with Gasteiger partial charge in [-0.05, 0) is 18.2 Å². The van der Waals surface area contributed by atoms with Crippen molar-refractivity contribution in [2.75, 3.05) is 14.2 Å². The summed E-state index contributed by atoms with van der Waals surface area (Å²) in [6.07, 6.45) is 0. The second-order valence-corrected chi connectivity index (χ2v) is 5.06. The highest BCUT2D eigenvalue weighted by Crippen LogP contribution is 2.31. The maximum atomic E-state index is 12.1. The Morgan fingerprint density at radius 1 is 1.21 bits per heavy atom. The summed E-state index contributed by atoms with van der Waals surface area (Å²) < 4.78 is 15.6. The van der Waals surface area contributed by atoms with Gasteiger partial charge >= 0.3 is 5.97 Å². The molecule has 0 N–H and O–H groups in total. The number of para-hydroxylation sites is 1. The van der Waals surface area contributed by atoms with Crippen molar-refractivity contribution in [3.63, 3.8) is 0 Å². The molecule has 24 heavy (non-hydrogen) atoms. The molecule has 0 spiro atoms. The van der Waals surface area contributed by atoms with Gasteiger partial charge in [-0.1, -0.05) is 23.7 Å². The average molecular weight is 352 g/mol. The molecule has 0 aromatic heterocycles. The number of nitrogens with zero attached hydrogens (tertiary/aromatic N) is 1. The molecule has 8 heteroatoms.